The first-order chi connectivity index (χ1) is 12.6. The number of esters is 2. The van der Waals surface area contributed by atoms with Gasteiger partial charge < -0.3 is 15.6 Å². The summed E-state index contributed by atoms with van der Waals surface area (Å²) in [5.74, 6) is -0.607. The van der Waals surface area contributed by atoms with E-state index in [1.165, 1.54) is 6.42 Å². The van der Waals surface area contributed by atoms with Crippen molar-refractivity contribution in [2.75, 3.05) is 0 Å². The molecule has 0 aliphatic heterocycles. The van der Waals surface area contributed by atoms with Gasteiger partial charge in [0.2, 0.25) is 0 Å². The maximum absolute atomic E-state index is 12.4. The van der Waals surface area contributed by atoms with Crippen LogP contribution in [0.15, 0.2) is 54.6 Å². The number of hydrogen-bond donors (Lipinski definition) is 1. The first-order valence-corrected chi connectivity index (χ1v) is 9.21. The Kier molecular flexibility index (Phi) is 7.55. The minimum Gasteiger partial charge on any atom is -0.462 e. The second-order valence-electron chi connectivity index (χ2n) is 6.75. The number of carbonyl (C=O) groups is 2. The Morgan fingerprint density at radius 3 is 2.37 bits per heavy atom. The highest BCUT2D eigenvalue weighted by molar-refractivity contribution is 5.91. The molecule has 2 aromatic rings. The summed E-state index contributed by atoms with van der Waals surface area (Å²) in [7, 11) is 0. The molecule has 5 nitrogen and oxygen atoms in total. The fraction of sp³-hybridized carbons (Fsp3) is 0.364. The maximum Gasteiger partial charge on any atom is 0.343 e. The molecule has 0 radical (unpaired) electrons. The van der Waals surface area contributed by atoms with Gasteiger partial charge in [-0.05, 0) is 62.4 Å². The molecular formula is C22H27NO4. The minimum atomic E-state index is -0.416. The zero-order valence-electron chi connectivity index (χ0n) is 15.7. The Balaban J connectivity index is 0.00000261. The van der Waals surface area contributed by atoms with Crippen molar-refractivity contribution >= 4 is 11.9 Å². The predicted octanol–water partition coefficient (Wildman–Crippen LogP) is 5.05. The minimum absolute atomic E-state index is 0. The van der Waals surface area contributed by atoms with Gasteiger partial charge in [-0.3, -0.25) is 4.79 Å². The summed E-state index contributed by atoms with van der Waals surface area (Å²) in [6.45, 7) is 1.82. The van der Waals surface area contributed by atoms with Crippen molar-refractivity contribution in [3.8, 4) is 5.75 Å². The standard InChI is InChI=1S/C22H24O4.H3N/c1-16(21(23)25-19-12-6-3-7-13-19)18-11-8-14-20(15-18)26-22(24)17-9-4-2-5-10-17;/h2,4-5,8-11,14-16,19H,3,6-7,12-13H2,1H3;1H3. The van der Waals surface area contributed by atoms with Crippen molar-refractivity contribution in [2.45, 2.75) is 51.0 Å². The van der Waals surface area contributed by atoms with Gasteiger partial charge in [-0.2, -0.15) is 0 Å². The summed E-state index contributed by atoms with van der Waals surface area (Å²) >= 11 is 0. The van der Waals surface area contributed by atoms with Crippen LogP contribution in [0.25, 0.3) is 0 Å². The lowest BCUT2D eigenvalue weighted by molar-refractivity contribution is -0.151. The summed E-state index contributed by atoms with van der Waals surface area (Å²) in [6, 6.07) is 15.9. The van der Waals surface area contributed by atoms with Crippen molar-refractivity contribution in [1.82, 2.24) is 6.15 Å². The van der Waals surface area contributed by atoms with Gasteiger partial charge in [0.05, 0.1) is 11.5 Å². The van der Waals surface area contributed by atoms with Gasteiger partial charge in [0.15, 0.2) is 0 Å². The quantitative estimate of drug-likeness (QED) is 0.589. The number of carbonyl (C=O) groups excluding carboxylic acids is 2. The first-order valence-electron chi connectivity index (χ1n) is 9.21. The molecule has 0 heterocycles. The highest BCUT2D eigenvalue weighted by Crippen LogP contribution is 2.26. The van der Waals surface area contributed by atoms with E-state index in [-0.39, 0.29) is 18.2 Å². The van der Waals surface area contributed by atoms with Crippen molar-refractivity contribution < 1.29 is 19.1 Å². The zero-order chi connectivity index (χ0) is 18.4. The molecule has 1 fully saturated rings. The molecule has 1 unspecified atom stereocenters. The summed E-state index contributed by atoms with van der Waals surface area (Å²) in [5, 5.41) is 0. The smallest absolute Gasteiger partial charge is 0.343 e. The molecule has 0 spiro atoms. The molecule has 3 N–H and O–H groups in total. The van der Waals surface area contributed by atoms with Gasteiger partial charge in [-0.15, -0.1) is 0 Å². The molecule has 5 heteroatoms. The van der Waals surface area contributed by atoms with Crippen molar-refractivity contribution in [2.24, 2.45) is 0 Å². The van der Waals surface area contributed by atoms with E-state index in [0.29, 0.717) is 11.3 Å². The first kappa shape index (κ1) is 20.6. The number of ether oxygens (including phenoxy) is 2. The normalized spacial score (nSPS) is 15.3. The van der Waals surface area contributed by atoms with Crippen LogP contribution in [0.4, 0.5) is 0 Å². The van der Waals surface area contributed by atoms with Crippen LogP contribution in [0.2, 0.25) is 0 Å². The van der Waals surface area contributed by atoms with Gasteiger partial charge in [0.25, 0.3) is 0 Å². The van der Waals surface area contributed by atoms with Crippen molar-refractivity contribution in [1.29, 1.82) is 0 Å². The molecule has 0 bridgehead atoms. The second kappa shape index (κ2) is 9.88. The molecule has 1 atom stereocenters. The zero-order valence-corrected chi connectivity index (χ0v) is 15.7. The molecule has 27 heavy (non-hydrogen) atoms. The predicted molar refractivity (Wildman–Crippen MR) is 104 cm³/mol. The third-order valence-corrected chi connectivity index (χ3v) is 4.77. The van der Waals surface area contributed by atoms with Crippen LogP contribution in [0, 0.1) is 0 Å². The topological polar surface area (TPSA) is 87.6 Å². The summed E-state index contributed by atoms with van der Waals surface area (Å²) in [5.41, 5.74) is 1.27. The number of benzene rings is 2. The molecule has 1 saturated carbocycles. The van der Waals surface area contributed by atoms with E-state index in [9.17, 15) is 9.59 Å². The Hall–Kier alpha value is -2.66. The Morgan fingerprint density at radius 1 is 0.963 bits per heavy atom. The Labute approximate surface area is 160 Å². The average molecular weight is 369 g/mol. The van der Waals surface area contributed by atoms with Crippen LogP contribution in [-0.4, -0.2) is 18.0 Å². The summed E-state index contributed by atoms with van der Waals surface area (Å²) in [4.78, 5) is 24.6. The van der Waals surface area contributed by atoms with Gasteiger partial charge in [0.1, 0.15) is 11.9 Å². The van der Waals surface area contributed by atoms with Crippen molar-refractivity contribution in [3.63, 3.8) is 0 Å². The molecule has 3 rings (SSSR count). The molecule has 0 saturated heterocycles. The van der Waals surface area contributed by atoms with Crippen LogP contribution in [0.1, 0.15) is 60.9 Å². The molecule has 1 aliphatic carbocycles. The van der Waals surface area contributed by atoms with Crippen LogP contribution >= 0.6 is 0 Å². The van der Waals surface area contributed by atoms with Crippen molar-refractivity contribution in [3.05, 3.63) is 65.7 Å². The van der Waals surface area contributed by atoms with E-state index in [1.54, 1.807) is 42.5 Å². The van der Waals surface area contributed by atoms with Gasteiger partial charge >= 0.3 is 11.9 Å². The van der Waals surface area contributed by atoms with E-state index < -0.39 is 11.9 Å². The summed E-state index contributed by atoms with van der Waals surface area (Å²) < 4.78 is 11.1. The number of rotatable bonds is 5. The van der Waals surface area contributed by atoms with Gasteiger partial charge in [-0.1, -0.05) is 36.8 Å². The maximum atomic E-state index is 12.4. The lowest BCUT2D eigenvalue weighted by atomic mass is 9.97. The monoisotopic (exact) mass is 369 g/mol. The second-order valence-corrected chi connectivity index (χ2v) is 6.75. The SMILES string of the molecule is CC(C(=O)OC1CCCCC1)c1cccc(OC(=O)c2ccccc2)c1.N. The molecule has 0 aromatic heterocycles. The number of hydrogen-bond acceptors (Lipinski definition) is 5. The molecule has 1 aliphatic rings. The van der Waals surface area contributed by atoms with Crippen LogP contribution in [0.3, 0.4) is 0 Å². The third kappa shape index (κ3) is 5.66. The fourth-order valence-corrected chi connectivity index (χ4v) is 3.17. The van der Waals surface area contributed by atoms with E-state index >= 15 is 0 Å². The van der Waals surface area contributed by atoms with E-state index in [1.807, 2.05) is 19.1 Å². The molecule has 0 amide bonds. The molecule has 144 valence electrons. The average Bonchev–Trinajstić information content (AvgIpc) is 2.69. The van der Waals surface area contributed by atoms with E-state index in [2.05, 4.69) is 0 Å². The Bertz CT molecular complexity index is 754. The van der Waals surface area contributed by atoms with Crippen LogP contribution in [0.5, 0.6) is 5.75 Å². The lowest BCUT2D eigenvalue weighted by Crippen LogP contribution is -2.24. The third-order valence-electron chi connectivity index (χ3n) is 4.77. The highest BCUT2D eigenvalue weighted by Gasteiger charge is 2.23. The lowest BCUT2D eigenvalue weighted by Gasteiger charge is -2.23. The van der Waals surface area contributed by atoms with Gasteiger partial charge in [-0.25, -0.2) is 4.79 Å². The Morgan fingerprint density at radius 2 is 1.67 bits per heavy atom. The van der Waals surface area contributed by atoms with Crippen LogP contribution < -0.4 is 10.9 Å². The largest absolute Gasteiger partial charge is 0.462 e. The fourth-order valence-electron chi connectivity index (χ4n) is 3.17. The summed E-state index contributed by atoms with van der Waals surface area (Å²) in [6.07, 6.45) is 5.41. The highest BCUT2D eigenvalue weighted by atomic mass is 16.5. The molecular weight excluding hydrogens is 342 g/mol. The van der Waals surface area contributed by atoms with E-state index in [0.717, 1.165) is 31.2 Å². The van der Waals surface area contributed by atoms with E-state index in [4.69, 9.17) is 9.47 Å². The van der Waals surface area contributed by atoms with Crippen LogP contribution in [-0.2, 0) is 9.53 Å². The van der Waals surface area contributed by atoms with Gasteiger partial charge in [0, 0.05) is 0 Å². The molecule has 2 aromatic carbocycles.